The van der Waals surface area contributed by atoms with Gasteiger partial charge in [-0.25, -0.2) is 8.42 Å². The Labute approximate surface area is 147 Å². The lowest BCUT2D eigenvalue weighted by Crippen LogP contribution is -1.98. The summed E-state index contributed by atoms with van der Waals surface area (Å²) in [5, 5.41) is 8.47. The van der Waals surface area contributed by atoms with Crippen molar-refractivity contribution in [3.63, 3.8) is 0 Å². The molecule has 0 saturated carbocycles. The maximum atomic E-state index is 11.1. The minimum atomic E-state index is -3.03. The first-order valence-electron chi connectivity index (χ1n) is 8.07. The lowest BCUT2D eigenvalue weighted by atomic mass is 10.1. The largest absolute Gasteiger partial charge is 0.224 e. The summed E-state index contributed by atoms with van der Waals surface area (Å²) in [6, 6.07) is 16.6. The molecule has 0 fully saturated rings. The summed E-state index contributed by atoms with van der Waals surface area (Å²) >= 11 is 0. The van der Waals surface area contributed by atoms with E-state index in [2.05, 4.69) is 6.07 Å². The van der Waals surface area contributed by atoms with E-state index in [9.17, 15) is 8.42 Å². The van der Waals surface area contributed by atoms with Gasteiger partial charge in [-0.05, 0) is 37.1 Å². The minimum absolute atomic E-state index is 0.417. The minimum Gasteiger partial charge on any atom is -0.224 e. The molecule has 3 nitrogen and oxygen atoms in total. The monoisotopic (exact) mass is 347 g/mol. The Kier molecular flexibility index (Phi) is 13.4. The van der Waals surface area contributed by atoms with Crippen LogP contribution in [0.4, 0.5) is 0 Å². The van der Waals surface area contributed by atoms with Crippen LogP contribution in [0.3, 0.4) is 0 Å². The van der Waals surface area contributed by atoms with Gasteiger partial charge in [0.2, 0.25) is 0 Å². The Morgan fingerprint density at radius 3 is 1.50 bits per heavy atom. The highest BCUT2D eigenvalue weighted by Gasteiger charge is 2.07. The summed E-state index contributed by atoms with van der Waals surface area (Å²) in [6.07, 6.45) is 1.22. The van der Waals surface area contributed by atoms with Crippen LogP contribution in [0.2, 0.25) is 0 Å². The van der Waals surface area contributed by atoms with Crippen LogP contribution in [0, 0.1) is 25.2 Å². The molecule has 0 radical (unpaired) electrons. The summed E-state index contributed by atoms with van der Waals surface area (Å²) in [7, 11) is -3.03. The van der Waals surface area contributed by atoms with Crippen molar-refractivity contribution >= 4 is 9.84 Å². The fourth-order valence-corrected chi connectivity index (χ4v) is 2.65. The third-order valence-corrected chi connectivity index (χ3v) is 4.02. The van der Waals surface area contributed by atoms with Crippen molar-refractivity contribution in [3.8, 4) is 6.07 Å². The third kappa shape index (κ3) is 9.12. The predicted molar refractivity (Wildman–Crippen MR) is 103 cm³/mol. The zero-order valence-electron chi connectivity index (χ0n) is 15.8. The van der Waals surface area contributed by atoms with E-state index in [0.29, 0.717) is 4.90 Å². The van der Waals surface area contributed by atoms with Gasteiger partial charge in [0.15, 0.2) is 9.84 Å². The molecule has 0 aliphatic rings. The summed E-state index contributed by atoms with van der Waals surface area (Å²) in [5.41, 5.74) is 2.60. The number of hydrogen-bond acceptors (Lipinski definition) is 3. The number of sulfone groups is 1. The Morgan fingerprint density at radius 1 is 0.792 bits per heavy atom. The van der Waals surface area contributed by atoms with Gasteiger partial charge in [-0.2, -0.15) is 5.26 Å². The quantitative estimate of drug-likeness (QED) is 0.701. The van der Waals surface area contributed by atoms with Gasteiger partial charge >= 0.3 is 0 Å². The first-order chi connectivity index (χ1) is 11.4. The molecule has 0 bridgehead atoms. The van der Waals surface area contributed by atoms with Crippen molar-refractivity contribution in [1.29, 1.82) is 5.26 Å². The molecular formula is C20H29NO2S. The van der Waals surface area contributed by atoms with E-state index in [0.717, 1.165) is 16.7 Å². The molecule has 0 aliphatic heterocycles. The molecule has 0 aliphatic carbocycles. The first-order valence-corrected chi connectivity index (χ1v) is 9.97. The smallest absolute Gasteiger partial charge is 0.175 e. The zero-order valence-corrected chi connectivity index (χ0v) is 16.6. The van der Waals surface area contributed by atoms with Crippen LogP contribution in [0.25, 0.3) is 0 Å². The fourth-order valence-electron chi connectivity index (χ4n) is 1.67. The second-order valence-corrected chi connectivity index (χ2v) is 6.45. The predicted octanol–water partition coefficient (Wildman–Crippen LogP) is 5.32. The topological polar surface area (TPSA) is 57.9 Å². The molecule has 132 valence electrons. The number of aryl methyl sites for hydroxylation is 2. The van der Waals surface area contributed by atoms with E-state index < -0.39 is 9.84 Å². The Hall–Kier alpha value is -2.12. The van der Waals surface area contributed by atoms with E-state index in [4.69, 9.17) is 5.26 Å². The average molecular weight is 348 g/mol. The van der Waals surface area contributed by atoms with E-state index in [-0.39, 0.29) is 0 Å². The summed E-state index contributed by atoms with van der Waals surface area (Å²) in [6.45, 7) is 11.7. The number of hydrogen-bond donors (Lipinski definition) is 0. The molecular weight excluding hydrogens is 318 g/mol. The zero-order chi connectivity index (χ0) is 19.2. The van der Waals surface area contributed by atoms with Gasteiger partial charge in [-0.15, -0.1) is 0 Å². The van der Waals surface area contributed by atoms with Gasteiger partial charge in [-0.3, -0.25) is 0 Å². The number of nitrogens with zero attached hydrogens (tertiary/aromatic N) is 1. The second-order valence-electron chi connectivity index (χ2n) is 4.46. The Bertz CT molecular complexity index is 729. The maximum Gasteiger partial charge on any atom is 0.175 e. The highest BCUT2D eigenvalue weighted by molar-refractivity contribution is 7.90. The standard InChI is InChI=1S/C8H7N.C8H10O2S.2C2H6/c1-7-4-2-3-5-8(7)6-9;1-7-5-3-4-6-8(7)11(2,9)10;2*1-2/h2-5H,1H3;3-6H,1-2H3;2*1-2H3. The molecule has 24 heavy (non-hydrogen) atoms. The lowest BCUT2D eigenvalue weighted by molar-refractivity contribution is 0.601. The van der Waals surface area contributed by atoms with Crippen molar-refractivity contribution in [3.05, 3.63) is 65.2 Å². The molecule has 0 atom stereocenters. The van der Waals surface area contributed by atoms with Crippen molar-refractivity contribution in [2.45, 2.75) is 46.4 Å². The first kappa shape index (κ1) is 24.1. The highest BCUT2D eigenvalue weighted by atomic mass is 32.2. The SMILES string of the molecule is CC.CC.Cc1ccccc1C#N.Cc1ccccc1S(C)(=O)=O. The van der Waals surface area contributed by atoms with Crippen LogP contribution < -0.4 is 0 Å². The van der Waals surface area contributed by atoms with Crippen LogP contribution >= 0.6 is 0 Å². The molecule has 0 N–H and O–H groups in total. The Morgan fingerprint density at radius 2 is 1.21 bits per heavy atom. The van der Waals surface area contributed by atoms with Crippen LogP contribution in [0.5, 0.6) is 0 Å². The van der Waals surface area contributed by atoms with Gasteiger partial charge < -0.3 is 0 Å². The number of benzene rings is 2. The molecule has 0 spiro atoms. The van der Waals surface area contributed by atoms with Crippen molar-refractivity contribution in [2.75, 3.05) is 6.26 Å². The fraction of sp³-hybridized carbons (Fsp3) is 0.350. The average Bonchev–Trinajstić information content (AvgIpc) is 2.59. The maximum absolute atomic E-state index is 11.1. The van der Waals surface area contributed by atoms with Gasteiger partial charge in [0.25, 0.3) is 0 Å². The van der Waals surface area contributed by atoms with Crippen molar-refractivity contribution in [1.82, 2.24) is 0 Å². The van der Waals surface area contributed by atoms with E-state index >= 15 is 0 Å². The molecule has 0 heterocycles. The van der Waals surface area contributed by atoms with Gasteiger partial charge in [0, 0.05) is 6.26 Å². The molecule has 0 unspecified atom stereocenters. The van der Waals surface area contributed by atoms with Crippen LogP contribution in [0.1, 0.15) is 44.4 Å². The number of nitriles is 1. The normalized spacial score (nSPS) is 8.92. The van der Waals surface area contributed by atoms with E-state index in [1.807, 2.05) is 65.0 Å². The van der Waals surface area contributed by atoms with Gasteiger partial charge in [-0.1, -0.05) is 64.1 Å². The number of rotatable bonds is 1. The van der Waals surface area contributed by atoms with E-state index in [1.165, 1.54) is 6.26 Å². The molecule has 0 amide bonds. The van der Waals surface area contributed by atoms with Gasteiger partial charge in [0.1, 0.15) is 0 Å². The highest BCUT2D eigenvalue weighted by Crippen LogP contribution is 2.12. The molecule has 0 aromatic heterocycles. The van der Waals surface area contributed by atoms with E-state index in [1.54, 1.807) is 25.1 Å². The Balaban J connectivity index is 0. The molecule has 2 aromatic carbocycles. The van der Waals surface area contributed by atoms with Crippen molar-refractivity contribution < 1.29 is 8.42 Å². The second kappa shape index (κ2) is 13.3. The summed E-state index contributed by atoms with van der Waals surface area (Å²) in [5.74, 6) is 0. The summed E-state index contributed by atoms with van der Waals surface area (Å²) in [4.78, 5) is 0.417. The third-order valence-electron chi connectivity index (χ3n) is 2.76. The molecule has 2 rings (SSSR count). The van der Waals surface area contributed by atoms with Crippen LogP contribution in [-0.2, 0) is 9.84 Å². The lowest BCUT2D eigenvalue weighted by Gasteiger charge is -2.00. The molecule has 0 saturated heterocycles. The molecule has 2 aromatic rings. The van der Waals surface area contributed by atoms with Crippen LogP contribution in [0.15, 0.2) is 53.4 Å². The van der Waals surface area contributed by atoms with Gasteiger partial charge in [0.05, 0.1) is 16.5 Å². The molecule has 4 heteroatoms. The van der Waals surface area contributed by atoms with Crippen molar-refractivity contribution in [2.24, 2.45) is 0 Å². The summed E-state index contributed by atoms with van der Waals surface area (Å²) < 4.78 is 22.1. The van der Waals surface area contributed by atoms with Crippen LogP contribution in [-0.4, -0.2) is 14.7 Å².